The number of nitrogens with two attached hydrogens (primary N) is 2. The van der Waals surface area contributed by atoms with E-state index in [0.29, 0.717) is 6.54 Å². The van der Waals surface area contributed by atoms with Crippen molar-refractivity contribution in [2.75, 3.05) is 24.5 Å². The molecule has 0 aliphatic rings. The number of hydrogen-bond acceptors (Lipinski definition) is 6. The van der Waals surface area contributed by atoms with E-state index in [2.05, 4.69) is 15.3 Å². The molecule has 0 aliphatic carbocycles. The van der Waals surface area contributed by atoms with E-state index >= 15 is 0 Å². The van der Waals surface area contributed by atoms with Crippen molar-refractivity contribution in [3.05, 3.63) is 18.0 Å². The smallest absolute Gasteiger partial charge is 0.237 e. The lowest BCUT2D eigenvalue weighted by Gasteiger charge is -2.19. The van der Waals surface area contributed by atoms with Crippen LogP contribution in [-0.4, -0.2) is 41.4 Å². The van der Waals surface area contributed by atoms with Crippen molar-refractivity contribution in [3.63, 3.8) is 0 Å². The van der Waals surface area contributed by atoms with Crippen molar-refractivity contribution < 1.29 is 9.59 Å². The number of carbonyl (C=O) groups is 2. The summed E-state index contributed by atoms with van der Waals surface area (Å²) in [6.45, 7) is 3.18. The number of rotatable bonds is 8. The summed E-state index contributed by atoms with van der Waals surface area (Å²) in [7, 11) is 0. The molecule has 0 bridgehead atoms. The number of nitrogens with zero attached hydrogens (tertiary/aromatic N) is 3. The van der Waals surface area contributed by atoms with Crippen LogP contribution in [0, 0.1) is 0 Å². The molecule has 5 N–H and O–H groups in total. The number of hydrogen-bond donors (Lipinski definition) is 3. The predicted molar refractivity (Wildman–Crippen MR) is 70.0 cm³/mol. The Morgan fingerprint density at radius 3 is 2.16 bits per heavy atom. The second kappa shape index (κ2) is 7.27. The molecule has 1 aromatic heterocycles. The van der Waals surface area contributed by atoms with E-state index in [9.17, 15) is 9.59 Å². The minimum atomic E-state index is -0.582. The Balaban J connectivity index is 2.77. The van der Waals surface area contributed by atoms with E-state index in [1.54, 1.807) is 12.4 Å². The average Bonchev–Trinajstić information content (AvgIpc) is 2.35. The first-order valence-corrected chi connectivity index (χ1v) is 5.86. The molecule has 0 spiro atoms. The molecule has 8 heteroatoms. The standard InChI is InChI=1S/C11H18N6O2/c1-2-14-3-8-4-15-11(16-5-8)17(6-9(12)18)7-10(13)19/h4-5,14H,2-3,6-7H2,1H3,(H2,12,18)(H2,13,19). The summed E-state index contributed by atoms with van der Waals surface area (Å²) in [6.07, 6.45) is 3.25. The molecule has 0 unspecified atom stereocenters. The maximum atomic E-state index is 10.9. The summed E-state index contributed by atoms with van der Waals surface area (Å²) < 4.78 is 0. The molecule has 1 heterocycles. The van der Waals surface area contributed by atoms with Gasteiger partial charge >= 0.3 is 0 Å². The van der Waals surface area contributed by atoms with Gasteiger partial charge in [0.2, 0.25) is 17.8 Å². The molecule has 1 rings (SSSR count). The maximum absolute atomic E-state index is 10.9. The van der Waals surface area contributed by atoms with Crippen LogP contribution in [0.4, 0.5) is 5.95 Å². The quantitative estimate of drug-likeness (QED) is 0.518. The van der Waals surface area contributed by atoms with Crippen molar-refractivity contribution in [2.24, 2.45) is 11.5 Å². The third-order valence-electron chi connectivity index (χ3n) is 2.25. The van der Waals surface area contributed by atoms with Gasteiger partial charge in [-0.2, -0.15) is 0 Å². The largest absolute Gasteiger partial charge is 0.368 e. The number of nitrogens with one attached hydrogen (secondary N) is 1. The zero-order valence-corrected chi connectivity index (χ0v) is 10.8. The van der Waals surface area contributed by atoms with Crippen molar-refractivity contribution in [1.29, 1.82) is 0 Å². The van der Waals surface area contributed by atoms with Crippen LogP contribution in [0.3, 0.4) is 0 Å². The lowest BCUT2D eigenvalue weighted by atomic mass is 10.3. The van der Waals surface area contributed by atoms with E-state index in [1.807, 2.05) is 6.92 Å². The van der Waals surface area contributed by atoms with E-state index < -0.39 is 11.8 Å². The molecule has 8 nitrogen and oxygen atoms in total. The van der Waals surface area contributed by atoms with Gasteiger partial charge in [-0.05, 0) is 6.54 Å². The van der Waals surface area contributed by atoms with Crippen LogP contribution < -0.4 is 21.7 Å². The Labute approximate surface area is 111 Å². The highest BCUT2D eigenvalue weighted by Crippen LogP contribution is 2.06. The number of aromatic nitrogens is 2. The molecule has 0 aromatic carbocycles. The van der Waals surface area contributed by atoms with E-state index in [4.69, 9.17) is 11.5 Å². The van der Waals surface area contributed by atoms with Gasteiger partial charge < -0.3 is 21.7 Å². The molecule has 2 amide bonds. The molecule has 19 heavy (non-hydrogen) atoms. The molecule has 1 aromatic rings. The third-order valence-corrected chi connectivity index (χ3v) is 2.25. The van der Waals surface area contributed by atoms with Gasteiger partial charge in [-0.3, -0.25) is 9.59 Å². The van der Waals surface area contributed by atoms with Gasteiger partial charge in [0, 0.05) is 24.5 Å². The number of anilines is 1. The van der Waals surface area contributed by atoms with Crippen molar-refractivity contribution >= 4 is 17.8 Å². The van der Waals surface area contributed by atoms with Crippen LogP contribution in [-0.2, 0) is 16.1 Å². The first kappa shape index (κ1) is 14.8. The zero-order chi connectivity index (χ0) is 14.3. The molecular weight excluding hydrogens is 248 g/mol. The summed E-state index contributed by atoms with van der Waals surface area (Å²) in [5.41, 5.74) is 11.1. The number of carbonyl (C=O) groups excluding carboxylic acids is 2. The number of amides is 2. The second-order valence-corrected chi connectivity index (χ2v) is 3.96. The fraction of sp³-hybridized carbons (Fsp3) is 0.455. The molecule has 104 valence electrons. The lowest BCUT2D eigenvalue weighted by molar-refractivity contribution is -0.117. The minimum absolute atomic E-state index is 0.157. The highest BCUT2D eigenvalue weighted by molar-refractivity contribution is 5.83. The fourth-order valence-corrected chi connectivity index (χ4v) is 1.45. The molecular formula is C11H18N6O2. The molecule has 0 saturated heterocycles. The Morgan fingerprint density at radius 2 is 1.74 bits per heavy atom. The van der Waals surface area contributed by atoms with Gasteiger partial charge in [-0.15, -0.1) is 0 Å². The minimum Gasteiger partial charge on any atom is -0.368 e. The van der Waals surface area contributed by atoms with E-state index in [-0.39, 0.29) is 19.0 Å². The van der Waals surface area contributed by atoms with E-state index in [1.165, 1.54) is 4.90 Å². The first-order chi connectivity index (χ1) is 9.02. The monoisotopic (exact) mass is 266 g/mol. The van der Waals surface area contributed by atoms with Crippen molar-refractivity contribution in [2.45, 2.75) is 13.5 Å². The second-order valence-electron chi connectivity index (χ2n) is 3.96. The summed E-state index contributed by atoms with van der Waals surface area (Å²) >= 11 is 0. The Bertz CT molecular complexity index is 417. The average molecular weight is 266 g/mol. The molecule has 0 fully saturated rings. The van der Waals surface area contributed by atoms with Crippen LogP contribution in [0.25, 0.3) is 0 Å². The van der Waals surface area contributed by atoms with Crippen LogP contribution in [0.15, 0.2) is 12.4 Å². The van der Waals surface area contributed by atoms with Crippen LogP contribution >= 0.6 is 0 Å². The molecule has 0 saturated carbocycles. The zero-order valence-electron chi connectivity index (χ0n) is 10.8. The maximum Gasteiger partial charge on any atom is 0.237 e. The topological polar surface area (TPSA) is 127 Å². The highest BCUT2D eigenvalue weighted by atomic mass is 16.2. The Hall–Kier alpha value is -2.22. The Kier molecular flexibility index (Phi) is 5.68. The van der Waals surface area contributed by atoms with E-state index in [0.717, 1.165) is 12.1 Å². The van der Waals surface area contributed by atoms with Crippen molar-refractivity contribution in [1.82, 2.24) is 15.3 Å². The third kappa shape index (κ3) is 5.30. The number of primary amides is 2. The van der Waals surface area contributed by atoms with Gasteiger partial charge in [0.05, 0.1) is 0 Å². The van der Waals surface area contributed by atoms with Crippen LogP contribution in [0.2, 0.25) is 0 Å². The van der Waals surface area contributed by atoms with Gasteiger partial charge in [0.1, 0.15) is 13.1 Å². The highest BCUT2D eigenvalue weighted by Gasteiger charge is 2.14. The van der Waals surface area contributed by atoms with Crippen molar-refractivity contribution in [3.8, 4) is 0 Å². The Morgan fingerprint density at radius 1 is 1.21 bits per heavy atom. The predicted octanol–water partition coefficient (Wildman–Crippen LogP) is -1.64. The van der Waals surface area contributed by atoms with Gasteiger partial charge in [-0.1, -0.05) is 6.92 Å². The normalized spacial score (nSPS) is 10.2. The molecule has 0 radical (unpaired) electrons. The van der Waals surface area contributed by atoms with Gasteiger partial charge in [0.25, 0.3) is 0 Å². The summed E-state index contributed by atoms with van der Waals surface area (Å²) in [5.74, 6) is -0.916. The summed E-state index contributed by atoms with van der Waals surface area (Å²) in [5, 5.41) is 3.14. The van der Waals surface area contributed by atoms with Gasteiger partial charge in [-0.25, -0.2) is 9.97 Å². The first-order valence-electron chi connectivity index (χ1n) is 5.86. The van der Waals surface area contributed by atoms with Gasteiger partial charge in [0.15, 0.2) is 0 Å². The SMILES string of the molecule is CCNCc1cnc(N(CC(N)=O)CC(N)=O)nc1. The lowest BCUT2D eigenvalue weighted by Crippen LogP contribution is -2.40. The fourth-order valence-electron chi connectivity index (χ4n) is 1.45. The summed E-state index contributed by atoms with van der Waals surface area (Å²) in [4.78, 5) is 31.4. The molecule has 0 atom stereocenters. The molecule has 0 aliphatic heterocycles. The summed E-state index contributed by atoms with van der Waals surface area (Å²) in [6, 6.07) is 0. The van der Waals surface area contributed by atoms with Crippen LogP contribution in [0.5, 0.6) is 0 Å². The van der Waals surface area contributed by atoms with Crippen LogP contribution in [0.1, 0.15) is 12.5 Å².